The molecule has 0 aliphatic rings. The second kappa shape index (κ2) is 6.90. The van der Waals surface area contributed by atoms with Gasteiger partial charge in [0.2, 0.25) is 0 Å². The van der Waals surface area contributed by atoms with Crippen molar-refractivity contribution in [2.75, 3.05) is 11.5 Å². The molecule has 6 nitrogen and oxygen atoms in total. The van der Waals surface area contributed by atoms with Crippen molar-refractivity contribution in [1.82, 2.24) is 19.5 Å². The SMILES string of the molecule is CC(C)n1cc(C(F)(F)F)nc1-c1ccc(Cc2ncc(N)c(N)n2)cc1. The van der Waals surface area contributed by atoms with E-state index < -0.39 is 11.9 Å². The molecule has 2 heterocycles. The third-order valence-corrected chi connectivity index (χ3v) is 4.05. The number of alkyl halides is 3. The molecule has 3 rings (SSSR count). The molecule has 2 aromatic heterocycles. The zero-order valence-electron chi connectivity index (χ0n) is 14.8. The molecule has 0 atom stereocenters. The average Bonchev–Trinajstić information content (AvgIpc) is 3.05. The Kier molecular flexibility index (Phi) is 4.77. The third kappa shape index (κ3) is 4.02. The van der Waals surface area contributed by atoms with Crippen LogP contribution in [0.1, 0.15) is 37.0 Å². The second-order valence-corrected chi connectivity index (χ2v) is 6.45. The van der Waals surface area contributed by atoms with E-state index in [1.165, 1.54) is 10.8 Å². The van der Waals surface area contributed by atoms with Crippen LogP contribution < -0.4 is 11.5 Å². The number of benzene rings is 1. The van der Waals surface area contributed by atoms with Crippen LogP contribution in [0.25, 0.3) is 11.4 Å². The summed E-state index contributed by atoms with van der Waals surface area (Å²) in [5.41, 5.74) is 12.2. The van der Waals surface area contributed by atoms with Gasteiger partial charge in [0, 0.05) is 24.2 Å². The Morgan fingerprint density at radius 1 is 1.07 bits per heavy atom. The van der Waals surface area contributed by atoms with Gasteiger partial charge in [0.25, 0.3) is 0 Å². The first-order valence-corrected chi connectivity index (χ1v) is 8.27. The molecule has 3 aromatic rings. The summed E-state index contributed by atoms with van der Waals surface area (Å²) in [6, 6.07) is 6.92. The van der Waals surface area contributed by atoms with Crippen LogP contribution in [-0.2, 0) is 12.6 Å². The molecule has 142 valence electrons. The largest absolute Gasteiger partial charge is 0.434 e. The summed E-state index contributed by atoms with van der Waals surface area (Å²) < 4.78 is 40.6. The fourth-order valence-corrected chi connectivity index (χ4v) is 2.62. The molecule has 0 fully saturated rings. The Morgan fingerprint density at radius 3 is 2.30 bits per heavy atom. The highest BCUT2D eigenvalue weighted by Crippen LogP contribution is 2.32. The normalized spacial score (nSPS) is 11.9. The fourth-order valence-electron chi connectivity index (χ4n) is 2.62. The number of halogens is 3. The van der Waals surface area contributed by atoms with Crippen LogP contribution in [0.15, 0.2) is 36.7 Å². The van der Waals surface area contributed by atoms with Gasteiger partial charge < -0.3 is 16.0 Å². The molecular weight excluding hydrogens is 357 g/mol. The summed E-state index contributed by atoms with van der Waals surface area (Å²) in [5, 5.41) is 0. The summed E-state index contributed by atoms with van der Waals surface area (Å²) in [5.74, 6) is 1.00. The molecule has 0 saturated heterocycles. The van der Waals surface area contributed by atoms with Crippen molar-refractivity contribution in [2.45, 2.75) is 32.5 Å². The van der Waals surface area contributed by atoms with Crippen LogP contribution in [0.4, 0.5) is 24.7 Å². The highest BCUT2D eigenvalue weighted by Gasteiger charge is 2.35. The summed E-state index contributed by atoms with van der Waals surface area (Å²) in [6.07, 6.45) is -1.57. The number of nitrogens with zero attached hydrogens (tertiary/aromatic N) is 4. The Bertz CT molecular complexity index is 945. The first-order valence-electron chi connectivity index (χ1n) is 8.27. The topological polar surface area (TPSA) is 95.6 Å². The van der Waals surface area contributed by atoms with Gasteiger partial charge in [-0.05, 0) is 19.4 Å². The van der Waals surface area contributed by atoms with Crippen LogP contribution in [0.5, 0.6) is 0 Å². The second-order valence-electron chi connectivity index (χ2n) is 6.45. The number of rotatable bonds is 4. The summed E-state index contributed by atoms with van der Waals surface area (Å²) in [4.78, 5) is 12.0. The molecule has 0 bridgehead atoms. The predicted molar refractivity (Wildman–Crippen MR) is 96.7 cm³/mol. The number of hydrogen-bond donors (Lipinski definition) is 2. The Hall–Kier alpha value is -3.10. The number of anilines is 2. The molecule has 9 heteroatoms. The lowest BCUT2D eigenvalue weighted by molar-refractivity contribution is -0.140. The van der Waals surface area contributed by atoms with Crippen molar-refractivity contribution >= 4 is 11.5 Å². The van der Waals surface area contributed by atoms with Crippen molar-refractivity contribution in [1.29, 1.82) is 0 Å². The molecule has 0 aliphatic heterocycles. The molecule has 1 aromatic carbocycles. The highest BCUT2D eigenvalue weighted by atomic mass is 19.4. The number of aromatic nitrogens is 4. The molecule has 0 radical (unpaired) electrons. The van der Waals surface area contributed by atoms with Crippen molar-refractivity contribution < 1.29 is 13.2 Å². The third-order valence-electron chi connectivity index (χ3n) is 4.05. The van der Waals surface area contributed by atoms with Crippen molar-refractivity contribution in [3.05, 3.63) is 53.7 Å². The van der Waals surface area contributed by atoms with Gasteiger partial charge >= 0.3 is 6.18 Å². The van der Waals surface area contributed by atoms with Gasteiger partial charge in [-0.15, -0.1) is 0 Å². The maximum Gasteiger partial charge on any atom is 0.434 e. The van der Waals surface area contributed by atoms with Gasteiger partial charge in [0.15, 0.2) is 5.69 Å². The average molecular weight is 376 g/mol. The van der Waals surface area contributed by atoms with E-state index in [4.69, 9.17) is 11.5 Å². The summed E-state index contributed by atoms with van der Waals surface area (Å²) in [6.45, 7) is 3.62. The quantitative estimate of drug-likeness (QED) is 0.724. The smallest absolute Gasteiger partial charge is 0.394 e. The molecule has 4 N–H and O–H groups in total. The van der Waals surface area contributed by atoms with Crippen LogP contribution in [0, 0.1) is 0 Å². The van der Waals surface area contributed by atoms with Gasteiger partial charge in [-0.1, -0.05) is 24.3 Å². The lowest BCUT2D eigenvalue weighted by atomic mass is 10.1. The minimum Gasteiger partial charge on any atom is -0.394 e. The van der Waals surface area contributed by atoms with E-state index >= 15 is 0 Å². The Morgan fingerprint density at radius 2 is 1.74 bits per heavy atom. The maximum absolute atomic E-state index is 13.0. The standard InChI is InChI=1S/C18H19F3N6/c1-10(2)27-9-14(18(19,20)21)25-17(27)12-5-3-11(4-6-12)7-15-24-8-13(22)16(23)26-15/h3-6,8-10H,7,22H2,1-2H3,(H2,23,24,26). The minimum absolute atomic E-state index is 0.158. The van der Waals surface area contributed by atoms with Crippen molar-refractivity contribution in [2.24, 2.45) is 0 Å². The lowest BCUT2D eigenvalue weighted by Crippen LogP contribution is -2.05. The Balaban J connectivity index is 1.89. The van der Waals surface area contributed by atoms with E-state index in [-0.39, 0.29) is 17.7 Å². The van der Waals surface area contributed by atoms with E-state index in [0.29, 0.717) is 23.5 Å². The molecule has 0 aliphatic carbocycles. The maximum atomic E-state index is 13.0. The van der Waals surface area contributed by atoms with Crippen LogP contribution in [0.3, 0.4) is 0 Å². The first kappa shape index (κ1) is 18.7. The molecular formula is C18H19F3N6. The van der Waals surface area contributed by atoms with E-state index in [1.807, 2.05) is 13.8 Å². The fraction of sp³-hybridized carbons (Fsp3) is 0.278. The Labute approximate surface area is 154 Å². The highest BCUT2D eigenvalue weighted by molar-refractivity contribution is 5.58. The molecule has 0 saturated carbocycles. The summed E-state index contributed by atoms with van der Waals surface area (Å²) in [7, 11) is 0. The van der Waals surface area contributed by atoms with Gasteiger partial charge in [0.05, 0.1) is 11.9 Å². The van der Waals surface area contributed by atoms with Gasteiger partial charge in [-0.25, -0.2) is 15.0 Å². The molecule has 0 amide bonds. The number of nitrogen functional groups attached to an aromatic ring is 2. The van der Waals surface area contributed by atoms with E-state index in [1.54, 1.807) is 24.3 Å². The first-order chi connectivity index (χ1) is 12.6. The number of imidazole rings is 1. The number of nitrogens with two attached hydrogens (primary N) is 2. The van der Waals surface area contributed by atoms with E-state index in [0.717, 1.165) is 11.8 Å². The van der Waals surface area contributed by atoms with Crippen LogP contribution in [0.2, 0.25) is 0 Å². The van der Waals surface area contributed by atoms with E-state index in [2.05, 4.69) is 15.0 Å². The van der Waals surface area contributed by atoms with Crippen LogP contribution in [-0.4, -0.2) is 19.5 Å². The van der Waals surface area contributed by atoms with Crippen molar-refractivity contribution in [3.63, 3.8) is 0 Å². The zero-order valence-corrected chi connectivity index (χ0v) is 14.8. The zero-order chi connectivity index (χ0) is 19.8. The van der Waals surface area contributed by atoms with Gasteiger partial charge in [-0.2, -0.15) is 13.2 Å². The monoisotopic (exact) mass is 376 g/mol. The lowest BCUT2D eigenvalue weighted by Gasteiger charge is -2.11. The summed E-state index contributed by atoms with van der Waals surface area (Å²) >= 11 is 0. The minimum atomic E-state index is -4.48. The van der Waals surface area contributed by atoms with Crippen LogP contribution >= 0.6 is 0 Å². The van der Waals surface area contributed by atoms with Crippen molar-refractivity contribution in [3.8, 4) is 11.4 Å². The molecule has 0 spiro atoms. The van der Waals surface area contributed by atoms with Gasteiger partial charge in [0.1, 0.15) is 17.5 Å². The van der Waals surface area contributed by atoms with E-state index in [9.17, 15) is 13.2 Å². The number of hydrogen-bond acceptors (Lipinski definition) is 5. The molecule has 0 unspecified atom stereocenters. The predicted octanol–water partition coefficient (Wildman–Crippen LogP) is 3.70. The van der Waals surface area contributed by atoms with Gasteiger partial charge in [-0.3, -0.25) is 0 Å². The molecule has 27 heavy (non-hydrogen) atoms.